The van der Waals surface area contributed by atoms with E-state index in [1.807, 2.05) is 0 Å². The van der Waals surface area contributed by atoms with Gasteiger partial charge in [0.2, 0.25) is 0 Å². The topological polar surface area (TPSA) is 25.8 Å². The zero-order valence-corrected chi connectivity index (χ0v) is 14.9. The molecule has 0 saturated carbocycles. The van der Waals surface area contributed by atoms with Crippen molar-refractivity contribution >= 4 is 48.4 Å². The van der Waals surface area contributed by atoms with E-state index >= 15 is 0 Å². The van der Waals surface area contributed by atoms with Crippen LogP contribution in [0.2, 0.25) is 0 Å². The van der Waals surface area contributed by atoms with E-state index in [1.165, 1.54) is 10.8 Å². The van der Waals surface area contributed by atoms with E-state index in [9.17, 15) is 0 Å². The molecule has 0 aliphatic rings. The first-order valence-electron chi connectivity index (χ1n) is 8.14. The third kappa shape index (κ3) is 2.31. The van der Waals surface area contributed by atoms with Crippen LogP contribution in [0.25, 0.3) is 43.8 Å². The molecule has 0 atom stereocenters. The molecule has 0 bridgehead atoms. The third-order valence-electron chi connectivity index (χ3n) is 4.58. The van der Waals surface area contributed by atoms with Crippen molar-refractivity contribution in [3.8, 4) is 11.4 Å². The molecule has 1 aromatic heterocycles. The van der Waals surface area contributed by atoms with Gasteiger partial charge in [-0.15, -0.1) is 0 Å². The summed E-state index contributed by atoms with van der Waals surface area (Å²) in [5, 5.41) is 5.71. The van der Waals surface area contributed by atoms with Crippen molar-refractivity contribution < 1.29 is 0 Å². The van der Waals surface area contributed by atoms with Crippen LogP contribution >= 0.6 is 15.9 Å². The average Bonchev–Trinajstić information content (AvgIpc) is 2.67. The van der Waals surface area contributed by atoms with Gasteiger partial charge in [-0.3, -0.25) is 0 Å². The van der Waals surface area contributed by atoms with E-state index < -0.39 is 0 Å². The first kappa shape index (κ1) is 14.6. The lowest BCUT2D eigenvalue weighted by Gasteiger charge is -2.09. The van der Waals surface area contributed by atoms with E-state index in [2.05, 4.69) is 94.8 Å². The molecule has 0 spiro atoms. The highest BCUT2D eigenvalue weighted by Gasteiger charge is 2.12. The Labute approximate surface area is 153 Å². The van der Waals surface area contributed by atoms with E-state index in [0.29, 0.717) is 0 Å². The van der Waals surface area contributed by atoms with Crippen LogP contribution in [0.15, 0.2) is 83.5 Å². The van der Waals surface area contributed by atoms with Crippen LogP contribution in [0, 0.1) is 0 Å². The van der Waals surface area contributed by atoms with Crippen LogP contribution in [-0.4, -0.2) is 9.97 Å². The van der Waals surface area contributed by atoms with E-state index in [0.717, 1.165) is 37.7 Å². The van der Waals surface area contributed by atoms with Crippen molar-refractivity contribution in [1.29, 1.82) is 0 Å². The summed E-state index contributed by atoms with van der Waals surface area (Å²) in [7, 11) is 0. The maximum atomic E-state index is 4.94. The quantitative estimate of drug-likeness (QED) is 0.248. The molecule has 3 heteroatoms. The summed E-state index contributed by atoms with van der Waals surface area (Å²) in [6, 6.07) is 27.1. The second kappa shape index (κ2) is 5.64. The Bertz CT molecular complexity index is 1260. The Morgan fingerprint density at radius 2 is 1.24 bits per heavy atom. The van der Waals surface area contributed by atoms with Crippen LogP contribution in [0.1, 0.15) is 0 Å². The fraction of sp³-hybridized carbons (Fsp3) is 0. The molecule has 2 nitrogen and oxygen atoms in total. The number of halogens is 1. The predicted octanol–water partition coefficient (Wildman–Crippen LogP) is 6.37. The highest BCUT2D eigenvalue weighted by molar-refractivity contribution is 9.10. The number of fused-ring (bicyclic) bond motifs is 4. The molecule has 0 saturated heterocycles. The molecular weight excluding hydrogens is 372 g/mol. The number of aromatic nitrogens is 2. The minimum absolute atomic E-state index is 0.743. The zero-order valence-electron chi connectivity index (χ0n) is 13.3. The van der Waals surface area contributed by atoms with Gasteiger partial charge in [0, 0.05) is 16.3 Å². The molecule has 118 valence electrons. The summed E-state index contributed by atoms with van der Waals surface area (Å²) in [6.45, 7) is 0. The molecular formula is C22H13BrN2. The van der Waals surface area contributed by atoms with Gasteiger partial charge in [0.05, 0.1) is 5.52 Å². The van der Waals surface area contributed by atoms with Crippen molar-refractivity contribution in [2.75, 3.05) is 0 Å². The standard InChI is InChI=1S/C22H13BrN2/c23-21-19-13-12-15-7-2-4-10-17(15)20(19)24-22(25-21)18-11-5-8-14-6-1-3-9-16(14)18/h1-13H. The van der Waals surface area contributed by atoms with E-state index in [4.69, 9.17) is 9.97 Å². The number of benzene rings is 4. The number of nitrogens with zero attached hydrogens (tertiary/aromatic N) is 2. The van der Waals surface area contributed by atoms with Gasteiger partial charge in [0.1, 0.15) is 4.60 Å². The summed E-state index contributed by atoms with van der Waals surface area (Å²) < 4.78 is 0.825. The lowest BCUT2D eigenvalue weighted by atomic mass is 10.0. The SMILES string of the molecule is Brc1nc(-c2cccc3ccccc23)nc2c1ccc1ccccc12. The summed E-state index contributed by atoms with van der Waals surface area (Å²) in [5.41, 5.74) is 2.02. The maximum absolute atomic E-state index is 4.94. The predicted molar refractivity (Wildman–Crippen MR) is 108 cm³/mol. The Balaban J connectivity index is 1.89. The summed E-state index contributed by atoms with van der Waals surface area (Å²) in [6.07, 6.45) is 0. The molecule has 0 amide bonds. The van der Waals surface area contributed by atoms with Crippen molar-refractivity contribution in [1.82, 2.24) is 9.97 Å². The smallest absolute Gasteiger partial charge is 0.161 e. The maximum Gasteiger partial charge on any atom is 0.161 e. The second-order valence-corrected chi connectivity index (χ2v) is 6.80. The minimum atomic E-state index is 0.743. The lowest BCUT2D eigenvalue weighted by molar-refractivity contribution is 1.21. The van der Waals surface area contributed by atoms with Crippen molar-refractivity contribution in [2.24, 2.45) is 0 Å². The van der Waals surface area contributed by atoms with Gasteiger partial charge in [-0.2, -0.15) is 0 Å². The Morgan fingerprint density at radius 3 is 2.08 bits per heavy atom. The molecule has 25 heavy (non-hydrogen) atoms. The molecule has 0 aliphatic carbocycles. The average molecular weight is 385 g/mol. The Morgan fingerprint density at radius 1 is 0.560 bits per heavy atom. The Kier molecular flexibility index (Phi) is 3.28. The molecule has 0 aliphatic heterocycles. The van der Waals surface area contributed by atoms with Crippen LogP contribution in [-0.2, 0) is 0 Å². The summed E-state index contributed by atoms with van der Waals surface area (Å²) in [4.78, 5) is 9.68. The Hall–Kier alpha value is -2.78. The lowest BCUT2D eigenvalue weighted by Crippen LogP contribution is -1.94. The highest BCUT2D eigenvalue weighted by atomic mass is 79.9. The van der Waals surface area contributed by atoms with Crippen molar-refractivity contribution in [2.45, 2.75) is 0 Å². The fourth-order valence-corrected chi connectivity index (χ4v) is 3.85. The molecule has 0 unspecified atom stereocenters. The van der Waals surface area contributed by atoms with Gasteiger partial charge in [-0.25, -0.2) is 9.97 Å². The van der Waals surface area contributed by atoms with Gasteiger partial charge < -0.3 is 0 Å². The van der Waals surface area contributed by atoms with E-state index in [-0.39, 0.29) is 0 Å². The van der Waals surface area contributed by atoms with Crippen LogP contribution in [0.4, 0.5) is 0 Å². The largest absolute Gasteiger partial charge is 0.227 e. The summed E-state index contributed by atoms with van der Waals surface area (Å²) >= 11 is 3.64. The van der Waals surface area contributed by atoms with Crippen LogP contribution < -0.4 is 0 Å². The highest BCUT2D eigenvalue weighted by Crippen LogP contribution is 2.32. The van der Waals surface area contributed by atoms with E-state index in [1.54, 1.807) is 0 Å². The molecule has 5 aromatic rings. The zero-order chi connectivity index (χ0) is 16.8. The number of rotatable bonds is 1. The molecule has 5 rings (SSSR count). The molecule has 1 heterocycles. The van der Waals surface area contributed by atoms with Crippen molar-refractivity contribution in [3.63, 3.8) is 0 Å². The summed E-state index contributed by atoms with van der Waals surface area (Å²) in [5.74, 6) is 0.743. The molecule has 0 radical (unpaired) electrons. The monoisotopic (exact) mass is 384 g/mol. The fourth-order valence-electron chi connectivity index (χ4n) is 3.37. The molecule has 0 fully saturated rings. The molecule has 0 N–H and O–H groups in total. The van der Waals surface area contributed by atoms with Crippen molar-refractivity contribution in [3.05, 3.63) is 83.5 Å². The first-order valence-corrected chi connectivity index (χ1v) is 8.94. The third-order valence-corrected chi connectivity index (χ3v) is 5.18. The van der Waals surface area contributed by atoms with Gasteiger partial charge in [-0.05, 0) is 38.2 Å². The first-order chi connectivity index (χ1) is 12.3. The normalized spacial score (nSPS) is 11.4. The minimum Gasteiger partial charge on any atom is -0.227 e. The molecule has 4 aromatic carbocycles. The number of hydrogen-bond donors (Lipinski definition) is 0. The van der Waals surface area contributed by atoms with Gasteiger partial charge >= 0.3 is 0 Å². The van der Waals surface area contributed by atoms with Gasteiger partial charge in [-0.1, -0.05) is 72.8 Å². The number of hydrogen-bond acceptors (Lipinski definition) is 2. The second-order valence-electron chi connectivity index (χ2n) is 6.05. The van der Waals surface area contributed by atoms with Crippen LogP contribution in [0.5, 0.6) is 0 Å². The van der Waals surface area contributed by atoms with Gasteiger partial charge in [0.25, 0.3) is 0 Å². The van der Waals surface area contributed by atoms with Gasteiger partial charge in [0.15, 0.2) is 5.82 Å². The van der Waals surface area contributed by atoms with Crippen LogP contribution in [0.3, 0.4) is 0 Å².